The Kier molecular flexibility index (Phi) is 5.30. The Labute approximate surface area is 156 Å². The van der Waals surface area contributed by atoms with E-state index in [1.807, 2.05) is 19.9 Å². The van der Waals surface area contributed by atoms with Gasteiger partial charge < -0.3 is 4.74 Å². The van der Waals surface area contributed by atoms with Crippen LogP contribution in [0.3, 0.4) is 0 Å². The number of aromatic nitrogens is 1. The molecule has 0 aliphatic carbocycles. The molecule has 0 spiro atoms. The molecule has 2 aromatic rings. The van der Waals surface area contributed by atoms with E-state index in [2.05, 4.69) is 10.3 Å². The highest BCUT2D eigenvalue weighted by Gasteiger charge is 2.36. The Bertz CT molecular complexity index is 908. The zero-order valence-electron chi connectivity index (χ0n) is 15.0. The highest BCUT2D eigenvalue weighted by Crippen LogP contribution is 2.26. The van der Waals surface area contributed by atoms with Crippen molar-refractivity contribution in [1.82, 2.24) is 10.3 Å². The number of pyridine rings is 1. The minimum Gasteiger partial charge on any atom is -0.490 e. The van der Waals surface area contributed by atoms with Crippen LogP contribution in [0.5, 0.6) is 5.75 Å². The van der Waals surface area contributed by atoms with Crippen LogP contribution in [0.25, 0.3) is 6.08 Å². The molecular weight excluding hydrogens is 346 g/mol. The molecule has 2 heterocycles. The number of rotatable bonds is 5. The molecule has 138 valence electrons. The van der Waals surface area contributed by atoms with Crippen LogP contribution < -0.4 is 15.0 Å². The molecule has 1 fully saturated rings. The number of anilines is 1. The van der Waals surface area contributed by atoms with Crippen molar-refractivity contribution in [3.8, 4) is 5.75 Å². The number of hydrogen-bond donors (Lipinski definition) is 1. The number of barbiturate groups is 1. The maximum Gasteiger partial charge on any atom is 0.335 e. The van der Waals surface area contributed by atoms with Gasteiger partial charge in [0.25, 0.3) is 11.8 Å². The third-order valence-electron chi connectivity index (χ3n) is 4.14. The zero-order valence-corrected chi connectivity index (χ0v) is 15.0. The first-order valence-corrected chi connectivity index (χ1v) is 8.58. The summed E-state index contributed by atoms with van der Waals surface area (Å²) in [6, 6.07) is 9.36. The fraction of sp³-hybridized carbons (Fsp3) is 0.200. The van der Waals surface area contributed by atoms with Crippen molar-refractivity contribution < 1.29 is 19.1 Å². The van der Waals surface area contributed by atoms with Gasteiger partial charge in [-0.05, 0) is 37.6 Å². The zero-order chi connectivity index (χ0) is 19.4. The van der Waals surface area contributed by atoms with Crippen molar-refractivity contribution in [1.29, 1.82) is 0 Å². The predicted octanol–water partition coefficient (Wildman–Crippen LogP) is 2.93. The first kappa shape index (κ1) is 18.3. The summed E-state index contributed by atoms with van der Waals surface area (Å²) in [4.78, 5) is 42.1. The average Bonchev–Trinajstić information content (AvgIpc) is 2.67. The Balaban J connectivity index is 1.99. The number of para-hydroxylation sites is 1. The summed E-state index contributed by atoms with van der Waals surface area (Å²) in [6.07, 6.45) is 5.16. The lowest BCUT2D eigenvalue weighted by Crippen LogP contribution is -2.54. The quantitative estimate of drug-likeness (QED) is 0.650. The highest BCUT2D eigenvalue weighted by atomic mass is 16.5. The molecule has 27 heavy (non-hydrogen) atoms. The van der Waals surface area contributed by atoms with E-state index in [-0.39, 0.29) is 11.7 Å². The van der Waals surface area contributed by atoms with Gasteiger partial charge in [0.05, 0.1) is 11.8 Å². The van der Waals surface area contributed by atoms with Gasteiger partial charge in [-0.3, -0.25) is 19.9 Å². The molecule has 7 nitrogen and oxygen atoms in total. The van der Waals surface area contributed by atoms with Gasteiger partial charge in [0.15, 0.2) is 0 Å². The van der Waals surface area contributed by atoms with Gasteiger partial charge in [-0.15, -0.1) is 0 Å². The summed E-state index contributed by atoms with van der Waals surface area (Å²) in [7, 11) is 0. The standard InChI is InChI=1S/C20H19N3O4/c1-3-13(2)27-17-7-5-4-6-14(17)12-16-18(24)22-20(26)23(19(16)25)15-8-10-21-11-9-15/h4-13H,3H2,1-2H3,(H,22,24,26)/b16-12+/t13-/m0/s1. The molecule has 1 atom stereocenters. The van der Waals surface area contributed by atoms with Gasteiger partial charge >= 0.3 is 6.03 Å². The van der Waals surface area contributed by atoms with Gasteiger partial charge in [-0.2, -0.15) is 0 Å². The molecular formula is C20H19N3O4. The van der Waals surface area contributed by atoms with Crippen LogP contribution in [0, 0.1) is 0 Å². The van der Waals surface area contributed by atoms with E-state index in [0.29, 0.717) is 17.0 Å². The monoisotopic (exact) mass is 365 g/mol. The number of carbonyl (C=O) groups is 3. The molecule has 1 aromatic carbocycles. The molecule has 0 saturated carbocycles. The number of urea groups is 1. The second-order valence-electron chi connectivity index (χ2n) is 6.04. The van der Waals surface area contributed by atoms with Crippen LogP contribution in [0.15, 0.2) is 54.4 Å². The van der Waals surface area contributed by atoms with E-state index in [0.717, 1.165) is 11.3 Å². The average molecular weight is 365 g/mol. The summed E-state index contributed by atoms with van der Waals surface area (Å²) in [6.45, 7) is 3.94. The van der Waals surface area contributed by atoms with Crippen LogP contribution in [0.1, 0.15) is 25.8 Å². The molecule has 1 aromatic heterocycles. The largest absolute Gasteiger partial charge is 0.490 e. The minimum atomic E-state index is -0.794. The number of benzene rings is 1. The lowest BCUT2D eigenvalue weighted by molar-refractivity contribution is -0.122. The number of ether oxygens (including phenoxy) is 1. The molecule has 0 unspecified atom stereocenters. The Hall–Kier alpha value is -3.48. The number of hydrogen-bond acceptors (Lipinski definition) is 5. The first-order valence-electron chi connectivity index (χ1n) is 8.58. The van der Waals surface area contributed by atoms with Crippen molar-refractivity contribution in [2.24, 2.45) is 0 Å². The lowest BCUT2D eigenvalue weighted by Gasteiger charge is -2.26. The molecule has 0 bridgehead atoms. The van der Waals surface area contributed by atoms with Crippen molar-refractivity contribution in [3.05, 3.63) is 59.9 Å². The van der Waals surface area contributed by atoms with E-state index in [9.17, 15) is 14.4 Å². The predicted molar refractivity (Wildman–Crippen MR) is 100 cm³/mol. The summed E-state index contributed by atoms with van der Waals surface area (Å²) in [5, 5.41) is 2.20. The third kappa shape index (κ3) is 3.87. The first-order chi connectivity index (χ1) is 13.0. The Morgan fingerprint density at radius 3 is 2.56 bits per heavy atom. The normalized spacial score (nSPS) is 17.0. The van der Waals surface area contributed by atoms with Gasteiger partial charge in [0, 0.05) is 18.0 Å². The van der Waals surface area contributed by atoms with Crippen molar-refractivity contribution in [3.63, 3.8) is 0 Å². The van der Waals surface area contributed by atoms with Gasteiger partial charge in [-0.25, -0.2) is 9.69 Å². The number of nitrogens with one attached hydrogen (secondary N) is 1. The molecule has 7 heteroatoms. The van der Waals surface area contributed by atoms with Gasteiger partial charge in [-0.1, -0.05) is 25.1 Å². The van der Waals surface area contributed by atoms with Crippen molar-refractivity contribution in [2.45, 2.75) is 26.4 Å². The lowest BCUT2D eigenvalue weighted by atomic mass is 10.1. The number of carbonyl (C=O) groups excluding carboxylic acids is 3. The van der Waals surface area contributed by atoms with Crippen molar-refractivity contribution >= 4 is 29.6 Å². The van der Waals surface area contributed by atoms with Crippen LogP contribution in [-0.2, 0) is 9.59 Å². The molecule has 1 saturated heterocycles. The number of amides is 4. The second-order valence-corrected chi connectivity index (χ2v) is 6.04. The van der Waals surface area contributed by atoms with E-state index >= 15 is 0 Å². The van der Waals surface area contributed by atoms with E-state index in [1.165, 1.54) is 30.6 Å². The maximum absolute atomic E-state index is 12.9. The van der Waals surface area contributed by atoms with Crippen LogP contribution in [-0.4, -0.2) is 28.9 Å². The Morgan fingerprint density at radius 1 is 1.15 bits per heavy atom. The topological polar surface area (TPSA) is 88.6 Å². The van der Waals surface area contributed by atoms with E-state index in [1.54, 1.807) is 18.2 Å². The van der Waals surface area contributed by atoms with Crippen LogP contribution in [0.4, 0.5) is 10.5 Å². The molecule has 0 radical (unpaired) electrons. The smallest absolute Gasteiger partial charge is 0.335 e. The summed E-state index contributed by atoms with van der Waals surface area (Å²) >= 11 is 0. The summed E-state index contributed by atoms with van der Waals surface area (Å²) in [5.74, 6) is -0.880. The molecule has 1 aliphatic heterocycles. The van der Waals surface area contributed by atoms with Crippen LogP contribution >= 0.6 is 0 Å². The highest BCUT2D eigenvalue weighted by molar-refractivity contribution is 6.39. The summed E-state index contributed by atoms with van der Waals surface area (Å²) in [5.41, 5.74) is 0.766. The second kappa shape index (κ2) is 7.82. The SMILES string of the molecule is CC[C@H](C)Oc1ccccc1/C=C1\C(=O)NC(=O)N(c2ccncc2)C1=O. The molecule has 1 N–H and O–H groups in total. The third-order valence-corrected chi connectivity index (χ3v) is 4.14. The number of imide groups is 2. The molecule has 1 aliphatic rings. The minimum absolute atomic E-state index is 0.0182. The molecule has 3 rings (SSSR count). The van der Waals surface area contributed by atoms with E-state index < -0.39 is 17.8 Å². The van der Waals surface area contributed by atoms with Gasteiger partial charge in [0.1, 0.15) is 11.3 Å². The van der Waals surface area contributed by atoms with E-state index in [4.69, 9.17) is 4.74 Å². The molecule has 4 amide bonds. The fourth-order valence-electron chi connectivity index (χ4n) is 2.55. The maximum atomic E-state index is 12.9. The van der Waals surface area contributed by atoms with Crippen molar-refractivity contribution in [2.75, 3.05) is 4.90 Å². The fourth-order valence-corrected chi connectivity index (χ4v) is 2.55. The summed E-state index contributed by atoms with van der Waals surface area (Å²) < 4.78 is 5.86. The number of nitrogens with zero attached hydrogens (tertiary/aromatic N) is 2. The van der Waals surface area contributed by atoms with Gasteiger partial charge in [0.2, 0.25) is 0 Å². The van der Waals surface area contributed by atoms with Crippen LogP contribution in [0.2, 0.25) is 0 Å². The Morgan fingerprint density at radius 2 is 1.85 bits per heavy atom.